The molecule has 2 heterocycles. The first-order chi connectivity index (χ1) is 10.6. The molecule has 0 aliphatic carbocycles. The van der Waals surface area contributed by atoms with E-state index in [1.54, 1.807) is 4.90 Å². The number of hydrogen-bond donors (Lipinski definition) is 3. The number of rotatable bonds is 3. The predicted molar refractivity (Wildman–Crippen MR) is 89.7 cm³/mol. The molecule has 22 heavy (non-hydrogen) atoms. The van der Waals surface area contributed by atoms with Gasteiger partial charge in [0.2, 0.25) is 0 Å². The molecule has 4 nitrogen and oxygen atoms in total. The number of aromatic nitrogens is 1. The highest BCUT2D eigenvalue weighted by Gasteiger charge is 2.22. The van der Waals surface area contributed by atoms with Crippen molar-refractivity contribution in [1.82, 2.24) is 4.98 Å². The van der Waals surface area contributed by atoms with Crippen molar-refractivity contribution >= 4 is 10.9 Å². The van der Waals surface area contributed by atoms with E-state index in [9.17, 15) is 4.79 Å². The second-order valence-corrected chi connectivity index (χ2v) is 6.63. The number of hydrogen-bond acceptors (Lipinski definition) is 1. The van der Waals surface area contributed by atoms with Gasteiger partial charge in [-0.3, -0.25) is 4.79 Å². The number of para-hydroxylation sites is 1. The minimum Gasteiger partial charge on any atom is -0.358 e. The van der Waals surface area contributed by atoms with E-state index in [-0.39, 0.29) is 5.43 Å². The Morgan fingerprint density at radius 1 is 1.18 bits per heavy atom. The van der Waals surface area contributed by atoms with Crippen molar-refractivity contribution in [3.05, 3.63) is 45.2 Å². The van der Waals surface area contributed by atoms with E-state index in [1.807, 2.05) is 19.1 Å². The summed E-state index contributed by atoms with van der Waals surface area (Å²) in [6, 6.07) is 6.06. The molecule has 2 aromatic rings. The maximum atomic E-state index is 12.9. The first kappa shape index (κ1) is 15.3. The molecule has 3 rings (SSSR count). The number of quaternary nitrogens is 2. The third kappa shape index (κ3) is 2.81. The van der Waals surface area contributed by atoms with E-state index in [0.717, 1.165) is 48.2 Å². The summed E-state index contributed by atoms with van der Waals surface area (Å²) in [5.74, 6) is 0. The molecule has 1 fully saturated rings. The summed E-state index contributed by atoms with van der Waals surface area (Å²) in [5, 5.41) is 0.846. The number of fused-ring (bicyclic) bond motifs is 1. The lowest BCUT2D eigenvalue weighted by molar-refractivity contribution is -1.01. The summed E-state index contributed by atoms with van der Waals surface area (Å²) in [5.41, 5.74) is 4.47. The fourth-order valence-electron chi connectivity index (χ4n) is 3.50. The molecule has 1 saturated heterocycles. The third-order valence-corrected chi connectivity index (χ3v) is 5.05. The number of piperazine rings is 1. The van der Waals surface area contributed by atoms with Gasteiger partial charge in [0.15, 0.2) is 5.43 Å². The lowest BCUT2D eigenvalue weighted by Gasteiger charge is -2.27. The Balaban J connectivity index is 1.98. The van der Waals surface area contributed by atoms with E-state index in [2.05, 4.69) is 25.0 Å². The van der Waals surface area contributed by atoms with Gasteiger partial charge in [-0.15, -0.1) is 0 Å². The van der Waals surface area contributed by atoms with Gasteiger partial charge in [-0.25, -0.2) is 0 Å². The lowest BCUT2D eigenvalue weighted by Crippen LogP contribution is -3.26. The Morgan fingerprint density at radius 3 is 2.59 bits per heavy atom. The quantitative estimate of drug-likeness (QED) is 0.690. The molecule has 0 amide bonds. The highest BCUT2D eigenvalue weighted by molar-refractivity contribution is 5.82. The summed E-state index contributed by atoms with van der Waals surface area (Å²) in [6.07, 6.45) is 0.943. The number of benzene rings is 1. The maximum absolute atomic E-state index is 12.9. The maximum Gasteiger partial charge on any atom is 0.198 e. The van der Waals surface area contributed by atoms with Gasteiger partial charge in [-0.05, 0) is 25.0 Å². The molecule has 4 heteroatoms. The Bertz CT molecular complexity index is 727. The first-order valence-electron chi connectivity index (χ1n) is 8.38. The van der Waals surface area contributed by atoms with Crippen LogP contribution in [0.15, 0.2) is 23.0 Å². The molecule has 1 aromatic heterocycles. The first-order valence-corrected chi connectivity index (χ1v) is 8.38. The van der Waals surface area contributed by atoms with Crippen LogP contribution in [-0.2, 0) is 13.0 Å². The fourth-order valence-corrected chi connectivity index (χ4v) is 3.50. The van der Waals surface area contributed by atoms with Gasteiger partial charge < -0.3 is 14.8 Å². The van der Waals surface area contributed by atoms with Crippen molar-refractivity contribution in [3.63, 3.8) is 0 Å². The van der Waals surface area contributed by atoms with Gasteiger partial charge in [0, 0.05) is 11.1 Å². The standard InChI is InChI=1S/C18H25N3O/c1-4-14-6-5-7-15-17(14)19-13(2)16(18(15)22)12-21-10-8-20(3)9-11-21/h5-7H,4,8-12H2,1-3H3,(H,19,22)/p+2. The van der Waals surface area contributed by atoms with Gasteiger partial charge in [-0.1, -0.05) is 19.1 Å². The number of pyridine rings is 1. The lowest BCUT2D eigenvalue weighted by atomic mass is 10.0. The van der Waals surface area contributed by atoms with Crippen molar-refractivity contribution < 1.29 is 9.80 Å². The van der Waals surface area contributed by atoms with Crippen LogP contribution in [0.3, 0.4) is 0 Å². The van der Waals surface area contributed by atoms with E-state index < -0.39 is 0 Å². The van der Waals surface area contributed by atoms with Crippen molar-refractivity contribution in [1.29, 1.82) is 0 Å². The summed E-state index contributed by atoms with van der Waals surface area (Å²) in [6.45, 7) is 9.71. The van der Waals surface area contributed by atoms with Crippen LogP contribution in [0.25, 0.3) is 10.9 Å². The molecule has 0 atom stereocenters. The minimum absolute atomic E-state index is 0.223. The molecule has 0 saturated carbocycles. The van der Waals surface area contributed by atoms with Crippen LogP contribution in [0.2, 0.25) is 0 Å². The molecule has 1 aliphatic rings. The van der Waals surface area contributed by atoms with Crippen molar-refractivity contribution in [2.24, 2.45) is 0 Å². The van der Waals surface area contributed by atoms with Crippen LogP contribution >= 0.6 is 0 Å². The number of aromatic amines is 1. The number of H-pyrrole nitrogens is 1. The van der Waals surface area contributed by atoms with Gasteiger partial charge in [-0.2, -0.15) is 0 Å². The predicted octanol–water partition coefficient (Wildman–Crippen LogP) is -0.688. The smallest absolute Gasteiger partial charge is 0.198 e. The number of likely N-dealkylation sites (N-methyl/N-ethyl adjacent to an activating group) is 1. The second kappa shape index (κ2) is 6.23. The number of aryl methyl sites for hydroxylation is 2. The van der Waals surface area contributed by atoms with Crippen LogP contribution in [-0.4, -0.2) is 38.2 Å². The van der Waals surface area contributed by atoms with Gasteiger partial charge in [0.05, 0.1) is 18.1 Å². The topological polar surface area (TPSA) is 41.7 Å². The molecular weight excluding hydrogens is 274 g/mol. The molecule has 3 N–H and O–H groups in total. The van der Waals surface area contributed by atoms with Gasteiger partial charge >= 0.3 is 0 Å². The average Bonchev–Trinajstić information content (AvgIpc) is 2.53. The molecule has 118 valence electrons. The Kier molecular flexibility index (Phi) is 4.32. The van der Waals surface area contributed by atoms with Crippen molar-refractivity contribution in [2.75, 3.05) is 33.2 Å². The Morgan fingerprint density at radius 2 is 1.91 bits per heavy atom. The van der Waals surface area contributed by atoms with Crippen LogP contribution in [0, 0.1) is 6.92 Å². The van der Waals surface area contributed by atoms with E-state index in [0.29, 0.717) is 0 Å². The highest BCUT2D eigenvalue weighted by atomic mass is 16.1. The summed E-state index contributed by atoms with van der Waals surface area (Å²) >= 11 is 0. The van der Waals surface area contributed by atoms with Crippen LogP contribution in [0.5, 0.6) is 0 Å². The molecule has 0 bridgehead atoms. The monoisotopic (exact) mass is 301 g/mol. The third-order valence-electron chi connectivity index (χ3n) is 5.05. The van der Waals surface area contributed by atoms with E-state index in [4.69, 9.17) is 0 Å². The minimum atomic E-state index is 0.223. The van der Waals surface area contributed by atoms with Crippen LogP contribution in [0.4, 0.5) is 0 Å². The van der Waals surface area contributed by atoms with E-state index in [1.165, 1.54) is 23.6 Å². The van der Waals surface area contributed by atoms with Crippen molar-refractivity contribution in [2.45, 2.75) is 26.8 Å². The normalized spacial score (nSPS) is 22.1. The van der Waals surface area contributed by atoms with Crippen LogP contribution in [0.1, 0.15) is 23.7 Å². The van der Waals surface area contributed by atoms with Gasteiger partial charge in [0.25, 0.3) is 0 Å². The second-order valence-electron chi connectivity index (χ2n) is 6.63. The Hall–Kier alpha value is -1.65. The summed E-state index contributed by atoms with van der Waals surface area (Å²) < 4.78 is 0. The molecule has 0 unspecified atom stereocenters. The van der Waals surface area contributed by atoms with Gasteiger partial charge in [0.1, 0.15) is 32.7 Å². The summed E-state index contributed by atoms with van der Waals surface area (Å²) in [4.78, 5) is 19.5. The number of nitrogens with one attached hydrogen (secondary N) is 3. The van der Waals surface area contributed by atoms with Crippen LogP contribution < -0.4 is 15.2 Å². The molecule has 0 radical (unpaired) electrons. The summed E-state index contributed by atoms with van der Waals surface area (Å²) in [7, 11) is 2.25. The SMILES string of the molecule is CCc1cccc2c(=O)c(C[NH+]3CC[NH+](C)CC3)c(C)[nH]c12. The zero-order valence-electron chi connectivity index (χ0n) is 13.9. The largest absolute Gasteiger partial charge is 0.358 e. The van der Waals surface area contributed by atoms with Crippen molar-refractivity contribution in [3.8, 4) is 0 Å². The highest BCUT2D eigenvalue weighted by Crippen LogP contribution is 2.16. The molecule has 0 spiro atoms. The average molecular weight is 301 g/mol. The zero-order chi connectivity index (χ0) is 15.7. The molecular formula is C18H27N3O+2. The fraction of sp³-hybridized carbons (Fsp3) is 0.500. The molecule has 1 aliphatic heterocycles. The zero-order valence-corrected chi connectivity index (χ0v) is 13.9. The molecule has 1 aromatic carbocycles. The Labute approximate surface area is 131 Å². The van der Waals surface area contributed by atoms with E-state index >= 15 is 0 Å².